The molecule has 16 heavy (non-hydrogen) atoms. The molecule has 1 atom stereocenters. The molecule has 0 radical (unpaired) electrons. The predicted molar refractivity (Wildman–Crippen MR) is 71.5 cm³/mol. The van der Waals surface area contributed by atoms with Gasteiger partial charge in [-0.05, 0) is 37.0 Å². The molecule has 82 valence electrons. The van der Waals surface area contributed by atoms with Crippen molar-refractivity contribution in [2.45, 2.75) is 26.2 Å². The van der Waals surface area contributed by atoms with Gasteiger partial charge in [-0.2, -0.15) is 0 Å². The van der Waals surface area contributed by atoms with Gasteiger partial charge in [0.25, 0.3) is 0 Å². The fraction of sp³-hybridized carbons (Fsp3) is 0.250. The van der Waals surface area contributed by atoms with E-state index < -0.39 is 0 Å². The van der Waals surface area contributed by atoms with Gasteiger partial charge in [0.15, 0.2) is 0 Å². The molecule has 0 fully saturated rings. The minimum absolute atomic E-state index is 0.526. The minimum atomic E-state index is 0.526. The summed E-state index contributed by atoms with van der Waals surface area (Å²) in [5, 5.41) is 0. The Morgan fingerprint density at radius 2 is 2.12 bits per heavy atom. The highest BCUT2D eigenvalue weighted by atomic mass is 14.2. The Balaban J connectivity index is 2.48. The average molecular weight is 210 g/mol. The van der Waals surface area contributed by atoms with Crippen LogP contribution >= 0.6 is 0 Å². The van der Waals surface area contributed by atoms with Crippen molar-refractivity contribution in [2.24, 2.45) is 0 Å². The van der Waals surface area contributed by atoms with Crippen LogP contribution in [0.3, 0.4) is 0 Å². The summed E-state index contributed by atoms with van der Waals surface area (Å²) in [6.45, 7) is 8.30. The van der Waals surface area contributed by atoms with E-state index in [-0.39, 0.29) is 0 Å². The third kappa shape index (κ3) is 1.88. The highest BCUT2D eigenvalue weighted by Crippen LogP contribution is 2.34. The third-order valence-corrected chi connectivity index (χ3v) is 3.35. The molecule has 2 rings (SSSR count). The molecule has 1 aromatic rings. The van der Waals surface area contributed by atoms with Crippen molar-refractivity contribution < 1.29 is 0 Å². The molecule has 0 aromatic heterocycles. The van der Waals surface area contributed by atoms with Crippen LogP contribution in [-0.2, 0) is 0 Å². The van der Waals surface area contributed by atoms with Crippen molar-refractivity contribution >= 4 is 6.08 Å². The zero-order valence-electron chi connectivity index (χ0n) is 10.0. The van der Waals surface area contributed by atoms with Gasteiger partial charge >= 0.3 is 0 Å². The fourth-order valence-electron chi connectivity index (χ4n) is 2.39. The smallest absolute Gasteiger partial charge is 0.00891 e. The normalized spacial score (nSPS) is 19.4. The van der Waals surface area contributed by atoms with E-state index in [4.69, 9.17) is 0 Å². The van der Waals surface area contributed by atoms with E-state index in [9.17, 15) is 0 Å². The summed E-state index contributed by atoms with van der Waals surface area (Å²) in [7, 11) is 0. The maximum atomic E-state index is 3.93. The molecule has 0 nitrogen and oxygen atoms in total. The van der Waals surface area contributed by atoms with Crippen molar-refractivity contribution in [3.63, 3.8) is 0 Å². The number of hydrogen-bond donors (Lipinski definition) is 0. The van der Waals surface area contributed by atoms with Gasteiger partial charge in [0, 0.05) is 5.92 Å². The van der Waals surface area contributed by atoms with E-state index in [1.807, 2.05) is 6.08 Å². The molecule has 0 saturated carbocycles. The van der Waals surface area contributed by atoms with E-state index >= 15 is 0 Å². The summed E-state index contributed by atoms with van der Waals surface area (Å²) in [6.07, 6.45) is 9.69. The number of benzene rings is 1. The fourth-order valence-corrected chi connectivity index (χ4v) is 2.39. The Morgan fingerprint density at radius 1 is 1.31 bits per heavy atom. The lowest BCUT2D eigenvalue weighted by molar-refractivity contribution is 0.794. The van der Waals surface area contributed by atoms with Crippen LogP contribution in [0.1, 0.15) is 36.0 Å². The standard InChI is InChI=1S/C16H18/c1-4-14-12(2)9-7-11-16(14)15-10-6-5-8-13(15)3/h4-9,11,15H,1,10H2,2-3H3. The topological polar surface area (TPSA) is 0 Å². The van der Waals surface area contributed by atoms with Gasteiger partial charge in [0.05, 0.1) is 0 Å². The van der Waals surface area contributed by atoms with Gasteiger partial charge in [-0.1, -0.05) is 54.7 Å². The van der Waals surface area contributed by atoms with Gasteiger partial charge in [-0.15, -0.1) is 0 Å². The van der Waals surface area contributed by atoms with Crippen LogP contribution in [0.2, 0.25) is 0 Å². The maximum Gasteiger partial charge on any atom is 0.00891 e. The minimum Gasteiger partial charge on any atom is -0.0984 e. The number of aryl methyl sites for hydroxylation is 1. The van der Waals surface area contributed by atoms with Crippen LogP contribution in [0.5, 0.6) is 0 Å². The monoisotopic (exact) mass is 210 g/mol. The van der Waals surface area contributed by atoms with Crippen LogP contribution in [0.4, 0.5) is 0 Å². The van der Waals surface area contributed by atoms with E-state index in [1.54, 1.807) is 0 Å². The first-order valence-corrected chi connectivity index (χ1v) is 5.79. The molecule has 1 aliphatic rings. The molecule has 0 aliphatic heterocycles. The molecule has 0 heteroatoms. The molecule has 1 aliphatic carbocycles. The van der Waals surface area contributed by atoms with E-state index in [0.29, 0.717) is 5.92 Å². The first kappa shape index (κ1) is 10.9. The molecule has 0 spiro atoms. The Bertz CT molecular complexity index is 461. The Labute approximate surface area is 98.0 Å². The summed E-state index contributed by atoms with van der Waals surface area (Å²) in [5.41, 5.74) is 5.47. The first-order chi connectivity index (χ1) is 7.74. The van der Waals surface area contributed by atoms with E-state index in [2.05, 4.69) is 56.9 Å². The summed E-state index contributed by atoms with van der Waals surface area (Å²) >= 11 is 0. The van der Waals surface area contributed by atoms with Gasteiger partial charge in [-0.3, -0.25) is 0 Å². The van der Waals surface area contributed by atoms with Crippen LogP contribution in [0.15, 0.2) is 48.6 Å². The highest BCUT2D eigenvalue weighted by molar-refractivity contribution is 5.58. The van der Waals surface area contributed by atoms with Gasteiger partial charge < -0.3 is 0 Å². The molecule has 0 bridgehead atoms. The van der Waals surface area contributed by atoms with Crippen LogP contribution in [0, 0.1) is 6.92 Å². The van der Waals surface area contributed by atoms with Crippen molar-refractivity contribution in [3.8, 4) is 0 Å². The largest absolute Gasteiger partial charge is 0.0984 e. The maximum absolute atomic E-state index is 3.93. The first-order valence-electron chi connectivity index (χ1n) is 5.79. The SMILES string of the molecule is C=Cc1c(C)cccc1C1CC=CC=C1C. The van der Waals surface area contributed by atoms with Crippen molar-refractivity contribution in [2.75, 3.05) is 0 Å². The average Bonchev–Trinajstić information content (AvgIpc) is 2.29. The lowest BCUT2D eigenvalue weighted by atomic mass is 9.82. The van der Waals surface area contributed by atoms with Crippen LogP contribution in [-0.4, -0.2) is 0 Å². The van der Waals surface area contributed by atoms with Gasteiger partial charge in [0.1, 0.15) is 0 Å². The van der Waals surface area contributed by atoms with Crippen molar-refractivity contribution in [1.29, 1.82) is 0 Å². The summed E-state index contributed by atoms with van der Waals surface area (Å²) in [5.74, 6) is 0.526. The van der Waals surface area contributed by atoms with E-state index in [0.717, 1.165) is 6.42 Å². The second-order valence-electron chi connectivity index (χ2n) is 4.41. The summed E-state index contributed by atoms with van der Waals surface area (Å²) < 4.78 is 0. The van der Waals surface area contributed by atoms with Crippen LogP contribution in [0.25, 0.3) is 6.08 Å². The quantitative estimate of drug-likeness (QED) is 0.667. The molecule has 1 unspecified atom stereocenters. The Hall–Kier alpha value is -1.56. The third-order valence-electron chi connectivity index (χ3n) is 3.35. The zero-order valence-corrected chi connectivity index (χ0v) is 10.0. The summed E-state index contributed by atoms with van der Waals surface area (Å²) in [6, 6.07) is 6.52. The molecule has 0 saturated heterocycles. The van der Waals surface area contributed by atoms with Crippen molar-refractivity contribution in [1.82, 2.24) is 0 Å². The molecule has 0 amide bonds. The molecule has 1 aromatic carbocycles. The lowest BCUT2D eigenvalue weighted by Gasteiger charge is -2.22. The molecule has 0 heterocycles. The molecule has 0 N–H and O–H groups in total. The Kier molecular flexibility index (Phi) is 3.09. The number of hydrogen-bond acceptors (Lipinski definition) is 0. The van der Waals surface area contributed by atoms with Crippen LogP contribution < -0.4 is 0 Å². The van der Waals surface area contributed by atoms with Gasteiger partial charge in [0.2, 0.25) is 0 Å². The zero-order chi connectivity index (χ0) is 11.5. The second-order valence-corrected chi connectivity index (χ2v) is 4.41. The second kappa shape index (κ2) is 4.52. The number of rotatable bonds is 2. The molecular weight excluding hydrogens is 192 g/mol. The number of allylic oxidation sites excluding steroid dienone is 4. The van der Waals surface area contributed by atoms with Gasteiger partial charge in [-0.25, -0.2) is 0 Å². The van der Waals surface area contributed by atoms with Crippen molar-refractivity contribution in [3.05, 3.63) is 65.3 Å². The van der Waals surface area contributed by atoms with E-state index in [1.165, 1.54) is 22.3 Å². The molecular formula is C16H18. The lowest BCUT2D eigenvalue weighted by Crippen LogP contribution is -2.05. The highest BCUT2D eigenvalue weighted by Gasteiger charge is 2.16. The predicted octanol–water partition coefficient (Wildman–Crippen LogP) is 4.63. The summed E-state index contributed by atoms with van der Waals surface area (Å²) in [4.78, 5) is 0. The Morgan fingerprint density at radius 3 is 2.81 bits per heavy atom.